The zero-order valence-electron chi connectivity index (χ0n) is 33.6. The van der Waals surface area contributed by atoms with Gasteiger partial charge in [-0.2, -0.15) is 0 Å². The molecule has 0 radical (unpaired) electrons. The average Bonchev–Trinajstić information content (AvgIpc) is 3.31. The molecule has 11 rings (SSSR count). The highest BCUT2D eigenvalue weighted by Gasteiger charge is 2.31. The number of nitrogens with zero attached hydrogens (tertiary/aromatic N) is 2. The third-order valence-electron chi connectivity index (χ3n) is 11.8. The van der Waals surface area contributed by atoms with Crippen LogP contribution in [0.1, 0.15) is 0 Å². The van der Waals surface area contributed by atoms with Gasteiger partial charge in [-0.1, -0.05) is 115 Å². The number of benzene rings is 9. The summed E-state index contributed by atoms with van der Waals surface area (Å²) in [6.07, 6.45) is 0. The van der Waals surface area contributed by atoms with Gasteiger partial charge in [-0.15, -0.1) is 25.3 Å². The van der Waals surface area contributed by atoms with Crippen LogP contribution in [0.3, 0.4) is 0 Å². The first kappa shape index (κ1) is 38.0. The minimum absolute atomic E-state index is 0.688. The fraction of sp³-hybridized carbons (Fsp3) is 0. The molecule has 9 aromatic rings. The lowest BCUT2D eigenvalue weighted by atomic mass is 9.55. The van der Waals surface area contributed by atoms with Crippen LogP contribution in [0.2, 0.25) is 0 Å². The highest BCUT2D eigenvalue weighted by atomic mass is 32.1. The lowest BCUT2D eigenvalue weighted by Crippen LogP contribution is -2.41. The maximum Gasteiger partial charge on any atom is 0.202 e. The van der Waals surface area contributed by atoms with Crippen molar-refractivity contribution in [3.63, 3.8) is 0 Å². The second-order valence-electron chi connectivity index (χ2n) is 15.6. The van der Waals surface area contributed by atoms with E-state index in [0.717, 1.165) is 111 Å². The third-order valence-corrected chi connectivity index (χ3v) is 12.5. The lowest BCUT2D eigenvalue weighted by Gasteiger charge is -2.31. The van der Waals surface area contributed by atoms with Gasteiger partial charge in [0.2, 0.25) is 14.6 Å². The zero-order valence-corrected chi connectivity index (χ0v) is 35.4. The Balaban J connectivity index is 1.04. The Labute approximate surface area is 374 Å². The predicted molar refractivity (Wildman–Crippen MR) is 267 cm³/mol. The molecule has 0 amide bonds. The quantitative estimate of drug-likeness (QED) is 0.118. The smallest absolute Gasteiger partial charge is 0.202 e. The Bertz CT molecular complexity index is 2830. The lowest BCUT2D eigenvalue weighted by molar-refractivity contribution is 0.466. The van der Waals surface area contributed by atoms with Crippen molar-refractivity contribution in [1.82, 2.24) is 0 Å². The maximum absolute atomic E-state index is 7.03. The molecule has 8 heteroatoms. The molecular formula is C54H38B2N2O2S2. The van der Waals surface area contributed by atoms with Gasteiger partial charge in [0.25, 0.3) is 0 Å². The van der Waals surface area contributed by atoms with Crippen LogP contribution < -0.4 is 41.1 Å². The Hall–Kier alpha value is -6.99. The number of anilines is 6. The Kier molecular flexibility index (Phi) is 9.88. The molecule has 2 aliphatic rings. The summed E-state index contributed by atoms with van der Waals surface area (Å²) in [7, 11) is 1.38. The van der Waals surface area contributed by atoms with Crippen LogP contribution in [0.15, 0.2) is 216 Å². The van der Waals surface area contributed by atoms with E-state index in [1.807, 2.05) is 36.4 Å². The molecule has 0 aromatic heterocycles. The van der Waals surface area contributed by atoms with E-state index in [4.69, 9.17) is 34.7 Å². The molecule has 62 heavy (non-hydrogen) atoms. The van der Waals surface area contributed by atoms with E-state index in [2.05, 4.69) is 180 Å². The van der Waals surface area contributed by atoms with E-state index >= 15 is 0 Å². The van der Waals surface area contributed by atoms with Crippen LogP contribution in [0.5, 0.6) is 23.0 Å². The number of thiol groups is 2. The van der Waals surface area contributed by atoms with Gasteiger partial charge in [-0.3, -0.25) is 0 Å². The maximum atomic E-state index is 7.03. The fourth-order valence-electron chi connectivity index (χ4n) is 8.89. The molecule has 0 saturated heterocycles. The molecule has 0 aliphatic carbocycles. The minimum atomic E-state index is 0.688. The van der Waals surface area contributed by atoms with Crippen molar-refractivity contribution in [2.24, 2.45) is 0 Å². The summed E-state index contributed by atoms with van der Waals surface area (Å²) in [6, 6.07) is 71.8. The fourth-order valence-corrected chi connectivity index (χ4v) is 9.46. The van der Waals surface area contributed by atoms with Gasteiger partial charge in [0.15, 0.2) is 0 Å². The van der Waals surface area contributed by atoms with Crippen LogP contribution in [0, 0.1) is 0 Å². The molecule has 0 fully saturated rings. The van der Waals surface area contributed by atoms with Crippen molar-refractivity contribution >= 4 is 95.8 Å². The largest absolute Gasteiger partial charge is 0.458 e. The van der Waals surface area contributed by atoms with Gasteiger partial charge < -0.3 is 19.3 Å². The summed E-state index contributed by atoms with van der Waals surface area (Å²) in [5.41, 5.74) is 15.0. The molecule has 0 saturated carbocycles. The van der Waals surface area contributed by atoms with Gasteiger partial charge in [-0.25, -0.2) is 0 Å². The van der Waals surface area contributed by atoms with E-state index in [1.165, 1.54) is 0 Å². The molecule has 0 spiro atoms. The average molecular weight is 833 g/mol. The van der Waals surface area contributed by atoms with Gasteiger partial charge in [-0.05, 0) is 117 Å². The first-order valence-electron chi connectivity index (χ1n) is 20.8. The second kappa shape index (κ2) is 16.1. The summed E-state index contributed by atoms with van der Waals surface area (Å²) in [6.45, 7) is 0. The Morgan fingerprint density at radius 1 is 0.306 bits per heavy atom. The van der Waals surface area contributed by atoms with Crippen molar-refractivity contribution < 1.29 is 9.47 Å². The molecule has 0 atom stereocenters. The number of fused-ring (bicyclic) bond motifs is 4. The molecule has 2 aliphatic heterocycles. The molecule has 2 heterocycles. The number of para-hydroxylation sites is 4. The Morgan fingerprint density at radius 3 is 1.00 bits per heavy atom. The zero-order chi connectivity index (χ0) is 41.6. The summed E-state index contributed by atoms with van der Waals surface area (Å²) in [5, 5.41) is 0. The summed E-state index contributed by atoms with van der Waals surface area (Å²) < 4.78 is 14.1. The highest BCUT2D eigenvalue weighted by Crippen LogP contribution is 2.43. The normalized spacial score (nSPS) is 11.9. The van der Waals surface area contributed by atoms with E-state index in [0.29, 0.717) is 14.6 Å². The predicted octanol–water partition coefficient (Wildman–Crippen LogP) is 11.5. The number of rotatable bonds is 8. The third kappa shape index (κ3) is 7.01. The monoisotopic (exact) mass is 832 g/mol. The van der Waals surface area contributed by atoms with Crippen LogP contribution in [0.4, 0.5) is 34.1 Å². The van der Waals surface area contributed by atoms with Gasteiger partial charge in [0.1, 0.15) is 23.0 Å². The summed E-state index contributed by atoms with van der Waals surface area (Å²) in [5.74, 6) is 3.21. The van der Waals surface area contributed by atoms with E-state index in [1.54, 1.807) is 0 Å². The van der Waals surface area contributed by atoms with E-state index in [-0.39, 0.29) is 0 Å². The molecule has 0 unspecified atom stereocenters. The summed E-state index contributed by atoms with van der Waals surface area (Å²) in [4.78, 5) is 6.38. The first-order valence-corrected chi connectivity index (χ1v) is 21.7. The van der Waals surface area contributed by atoms with E-state index < -0.39 is 0 Å². The van der Waals surface area contributed by atoms with Crippen molar-refractivity contribution in [3.05, 3.63) is 206 Å². The van der Waals surface area contributed by atoms with Gasteiger partial charge in [0, 0.05) is 50.7 Å². The first-order chi connectivity index (χ1) is 30.6. The van der Waals surface area contributed by atoms with Crippen molar-refractivity contribution in [2.75, 3.05) is 9.80 Å². The molecule has 0 N–H and O–H groups in total. The van der Waals surface area contributed by atoms with Crippen molar-refractivity contribution in [3.8, 4) is 45.3 Å². The Morgan fingerprint density at radius 2 is 0.645 bits per heavy atom. The SMILES string of the molecule is Sc1ccccc1-c1cc(N(c2ccccc2)c2ccccc2)cc2c1Bc1cc3c(cc1O2)Oc1cc(N(c2ccccc2)c2ccccc2)cc(-c2ccccc2S)c1B3. The molecule has 0 bridgehead atoms. The van der Waals surface area contributed by atoms with Crippen LogP contribution >= 0.6 is 25.3 Å². The highest BCUT2D eigenvalue weighted by molar-refractivity contribution is 7.80. The van der Waals surface area contributed by atoms with Crippen LogP contribution in [0.25, 0.3) is 22.3 Å². The molecule has 4 nitrogen and oxygen atoms in total. The van der Waals surface area contributed by atoms with Crippen LogP contribution in [-0.4, -0.2) is 14.6 Å². The molecule has 9 aromatic carbocycles. The van der Waals surface area contributed by atoms with Crippen molar-refractivity contribution in [2.45, 2.75) is 9.79 Å². The van der Waals surface area contributed by atoms with Gasteiger partial charge >= 0.3 is 0 Å². The molecular weight excluding hydrogens is 794 g/mol. The van der Waals surface area contributed by atoms with Crippen LogP contribution in [-0.2, 0) is 0 Å². The number of hydrogen-bond acceptors (Lipinski definition) is 6. The topological polar surface area (TPSA) is 24.9 Å². The minimum Gasteiger partial charge on any atom is -0.458 e. The number of hydrogen-bond donors (Lipinski definition) is 2. The summed E-state index contributed by atoms with van der Waals surface area (Å²) >= 11 is 9.96. The van der Waals surface area contributed by atoms with E-state index in [9.17, 15) is 0 Å². The second-order valence-corrected chi connectivity index (χ2v) is 16.6. The van der Waals surface area contributed by atoms with Crippen molar-refractivity contribution in [1.29, 1.82) is 0 Å². The number of ether oxygens (including phenoxy) is 2. The van der Waals surface area contributed by atoms with Gasteiger partial charge in [0.05, 0.1) is 11.4 Å². The molecule has 294 valence electrons. The standard InChI is InChI=1S/C54H38B2N2O2S2/c61-51-27-15-13-25-41(51)43-29-39(57(35-17-5-1-6-18-35)36-19-7-2-8-20-36)31-49-53(43)55-45-33-46-48(34-47(45)59-49)60-50-32-40(30-44(54(50)56-46)42-26-14-16-28-52(42)62)58(37-21-9-3-10-22-37)38-23-11-4-12-24-38/h1-34,55-56,61-62H.